The Balaban J connectivity index is 1.43. The zero-order valence-electron chi connectivity index (χ0n) is 16.5. The van der Waals surface area contributed by atoms with Crippen molar-refractivity contribution in [3.05, 3.63) is 71.3 Å². The number of hydrogen-bond acceptors (Lipinski definition) is 5. The van der Waals surface area contributed by atoms with Gasteiger partial charge < -0.3 is 9.64 Å². The Hall–Kier alpha value is -3.68. The molecule has 0 N–H and O–H groups in total. The number of piperazine rings is 1. The molecule has 8 nitrogen and oxygen atoms in total. The van der Waals surface area contributed by atoms with E-state index in [4.69, 9.17) is 4.74 Å². The van der Waals surface area contributed by atoms with Gasteiger partial charge in [0.25, 0.3) is 11.8 Å². The smallest absolute Gasteiger partial charge is 0.410 e. The van der Waals surface area contributed by atoms with Gasteiger partial charge in [0.05, 0.1) is 23.7 Å². The number of carbonyl (C=O) groups excluding carboxylic acids is 4. The highest BCUT2D eigenvalue weighted by molar-refractivity contribution is 6.21. The third-order valence-electron chi connectivity index (χ3n) is 5.43. The number of fused-ring (bicyclic) bond motifs is 1. The molecule has 2 aromatic rings. The molecule has 0 bridgehead atoms. The molecule has 0 spiro atoms. The van der Waals surface area contributed by atoms with E-state index in [0.717, 1.165) is 10.5 Å². The quantitative estimate of drug-likeness (QED) is 0.721. The van der Waals surface area contributed by atoms with E-state index in [1.165, 1.54) is 9.80 Å². The van der Waals surface area contributed by atoms with E-state index >= 15 is 0 Å². The van der Waals surface area contributed by atoms with Gasteiger partial charge in [0.15, 0.2) is 0 Å². The lowest BCUT2D eigenvalue weighted by atomic mass is 10.1. The lowest BCUT2D eigenvalue weighted by Crippen LogP contribution is -2.60. The van der Waals surface area contributed by atoms with Crippen LogP contribution in [-0.2, 0) is 16.1 Å². The average Bonchev–Trinajstić information content (AvgIpc) is 3.00. The molecular formula is C22H21N3O5. The van der Waals surface area contributed by atoms with Crippen LogP contribution < -0.4 is 0 Å². The van der Waals surface area contributed by atoms with Crippen LogP contribution in [0.15, 0.2) is 54.6 Å². The molecule has 1 saturated heterocycles. The minimum absolute atomic E-state index is 0.0110. The second-order valence-electron chi connectivity index (χ2n) is 7.35. The molecule has 30 heavy (non-hydrogen) atoms. The Morgan fingerprint density at radius 2 is 1.57 bits per heavy atom. The third-order valence-corrected chi connectivity index (χ3v) is 5.43. The summed E-state index contributed by atoms with van der Waals surface area (Å²) in [5.74, 6) is -1.06. The molecule has 8 heteroatoms. The number of carbonyl (C=O) groups is 4. The largest absolute Gasteiger partial charge is 0.445 e. The molecule has 4 amide bonds. The molecule has 2 aromatic carbocycles. The van der Waals surface area contributed by atoms with Crippen LogP contribution in [0.2, 0.25) is 0 Å². The fourth-order valence-electron chi connectivity index (χ4n) is 3.67. The van der Waals surface area contributed by atoms with Gasteiger partial charge in [-0.3, -0.25) is 24.2 Å². The maximum Gasteiger partial charge on any atom is 0.410 e. The highest BCUT2D eigenvalue weighted by Crippen LogP contribution is 2.24. The summed E-state index contributed by atoms with van der Waals surface area (Å²) in [7, 11) is 1.61. The standard InChI is InChI=1S/C22H21N3O5/c1-23-16(12-25-20(27)17-9-5-6-10-18(17)21(25)28)11-24(13-19(23)26)22(29)30-14-15-7-3-2-4-8-15/h2-10,16H,11-14H2,1H3/t16-/m0/s1. The summed E-state index contributed by atoms with van der Waals surface area (Å²) in [6.45, 7) is 0.173. The summed E-state index contributed by atoms with van der Waals surface area (Å²) < 4.78 is 5.33. The Bertz CT molecular complexity index is 972. The van der Waals surface area contributed by atoms with Gasteiger partial charge in [-0.1, -0.05) is 42.5 Å². The van der Waals surface area contributed by atoms with Gasteiger partial charge in [-0.2, -0.15) is 0 Å². The van der Waals surface area contributed by atoms with Crippen molar-refractivity contribution < 1.29 is 23.9 Å². The van der Waals surface area contributed by atoms with Gasteiger partial charge in [0.1, 0.15) is 13.2 Å². The van der Waals surface area contributed by atoms with Crippen LogP contribution >= 0.6 is 0 Å². The van der Waals surface area contributed by atoms with Gasteiger partial charge in [0, 0.05) is 13.6 Å². The summed E-state index contributed by atoms with van der Waals surface area (Å²) in [5, 5.41) is 0. The van der Waals surface area contributed by atoms with Crippen molar-refractivity contribution in [2.75, 3.05) is 26.7 Å². The monoisotopic (exact) mass is 407 g/mol. The SMILES string of the molecule is CN1C(=O)CN(C(=O)OCc2ccccc2)C[C@H]1CN1C(=O)c2ccccc2C1=O. The fourth-order valence-corrected chi connectivity index (χ4v) is 3.67. The van der Waals surface area contributed by atoms with E-state index in [1.807, 2.05) is 30.3 Å². The van der Waals surface area contributed by atoms with Crippen LogP contribution in [0.4, 0.5) is 4.79 Å². The van der Waals surface area contributed by atoms with Crippen molar-refractivity contribution in [2.45, 2.75) is 12.6 Å². The number of amides is 4. The number of ether oxygens (including phenoxy) is 1. The van der Waals surface area contributed by atoms with Crippen molar-refractivity contribution in [3.63, 3.8) is 0 Å². The van der Waals surface area contributed by atoms with Crippen molar-refractivity contribution >= 4 is 23.8 Å². The van der Waals surface area contributed by atoms with E-state index in [2.05, 4.69) is 0 Å². The van der Waals surface area contributed by atoms with Crippen LogP contribution in [0.25, 0.3) is 0 Å². The molecule has 2 aliphatic rings. The minimum Gasteiger partial charge on any atom is -0.445 e. The maximum absolute atomic E-state index is 12.6. The number of rotatable bonds is 4. The molecule has 0 saturated carbocycles. The fraction of sp³-hybridized carbons (Fsp3) is 0.273. The number of nitrogens with zero attached hydrogens (tertiary/aromatic N) is 3. The first-order valence-corrected chi connectivity index (χ1v) is 9.62. The van der Waals surface area contributed by atoms with Gasteiger partial charge in [-0.15, -0.1) is 0 Å². The van der Waals surface area contributed by atoms with Crippen LogP contribution in [0.3, 0.4) is 0 Å². The average molecular weight is 407 g/mol. The Morgan fingerprint density at radius 1 is 0.967 bits per heavy atom. The van der Waals surface area contributed by atoms with Crippen molar-refractivity contribution in [1.29, 1.82) is 0 Å². The Morgan fingerprint density at radius 3 is 2.20 bits per heavy atom. The highest BCUT2D eigenvalue weighted by atomic mass is 16.6. The first-order chi connectivity index (χ1) is 14.5. The van der Waals surface area contributed by atoms with Crippen molar-refractivity contribution in [2.24, 2.45) is 0 Å². The zero-order chi connectivity index (χ0) is 21.3. The van der Waals surface area contributed by atoms with Gasteiger partial charge in [0.2, 0.25) is 5.91 Å². The van der Waals surface area contributed by atoms with E-state index in [9.17, 15) is 19.2 Å². The number of benzene rings is 2. The predicted octanol–water partition coefficient (Wildman–Crippen LogP) is 1.76. The molecular weight excluding hydrogens is 386 g/mol. The molecule has 0 radical (unpaired) electrons. The Kier molecular flexibility index (Phi) is 5.22. The van der Waals surface area contributed by atoms with Gasteiger partial charge in [-0.25, -0.2) is 4.79 Å². The van der Waals surface area contributed by atoms with E-state index in [0.29, 0.717) is 11.1 Å². The molecule has 0 aliphatic carbocycles. The molecule has 4 rings (SSSR count). The van der Waals surface area contributed by atoms with Crippen LogP contribution in [0.5, 0.6) is 0 Å². The van der Waals surface area contributed by atoms with Gasteiger partial charge >= 0.3 is 6.09 Å². The van der Waals surface area contributed by atoms with Crippen molar-refractivity contribution in [1.82, 2.24) is 14.7 Å². The first kappa shape index (κ1) is 19.6. The zero-order valence-corrected chi connectivity index (χ0v) is 16.5. The second-order valence-corrected chi connectivity index (χ2v) is 7.35. The summed E-state index contributed by atoms with van der Waals surface area (Å²) >= 11 is 0. The molecule has 2 aliphatic heterocycles. The molecule has 0 aromatic heterocycles. The number of imide groups is 1. The number of hydrogen-bond donors (Lipinski definition) is 0. The second kappa shape index (κ2) is 7.98. The van der Waals surface area contributed by atoms with Crippen LogP contribution in [-0.4, -0.2) is 71.2 Å². The summed E-state index contributed by atoms with van der Waals surface area (Å²) in [6.07, 6.45) is -0.604. The predicted molar refractivity (Wildman–Crippen MR) is 107 cm³/mol. The van der Waals surface area contributed by atoms with E-state index in [1.54, 1.807) is 31.3 Å². The third kappa shape index (κ3) is 3.63. The van der Waals surface area contributed by atoms with Crippen LogP contribution in [0.1, 0.15) is 26.3 Å². The molecule has 154 valence electrons. The molecule has 1 fully saturated rings. The first-order valence-electron chi connectivity index (χ1n) is 9.62. The van der Waals surface area contributed by atoms with Crippen molar-refractivity contribution in [3.8, 4) is 0 Å². The molecule has 1 atom stereocenters. The maximum atomic E-state index is 12.6. The lowest BCUT2D eigenvalue weighted by molar-refractivity contribution is -0.137. The van der Waals surface area contributed by atoms with Crippen LogP contribution in [0, 0.1) is 0 Å². The minimum atomic E-state index is -0.604. The highest BCUT2D eigenvalue weighted by Gasteiger charge is 2.40. The Labute approximate surface area is 173 Å². The summed E-state index contributed by atoms with van der Waals surface area (Å²) in [5.41, 5.74) is 1.55. The van der Waals surface area contributed by atoms with E-state index in [-0.39, 0.29) is 44.0 Å². The molecule has 0 unspecified atom stereocenters. The topological polar surface area (TPSA) is 87.2 Å². The lowest BCUT2D eigenvalue weighted by Gasteiger charge is -2.39. The normalized spacial score (nSPS) is 18.6. The number of likely N-dealkylation sites (N-methyl/N-ethyl adjacent to an activating group) is 1. The summed E-state index contributed by atoms with van der Waals surface area (Å²) in [4.78, 5) is 54.1. The summed E-state index contributed by atoms with van der Waals surface area (Å²) in [6, 6.07) is 15.4. The van der Waals surface area contributed by atoms with Gasteiger partial charge in [-0.05, 0) is 17.7 Å². The molecule has 2 heterocycles. The van der Waals surface area contributed by atoms with E-state index < -0.39 is 12.1 Å².